The van der Waals surface area contributed by atoms with E-state index in [-0.39, 0.29) is 17.4 Å². The van der Waals surface area contributed by atoms with E-state index in [1.807, 2.05) is 0 Å². The van der Waals surface area contributed by atoms with Crippen LogP contribution in [-0.2, 0) is 17.1 Å². The van der Waals surface area contributed by atoms with Crippen LogP contribution in [0.1, 0.15) is 12.8 Å². The molecule has 0 saturated carbocycles. The number of hydrogen-bond donors (Lipinski definition) is 2. The summed E-state index contributed by atoms with van der Waals surface area (Å²) in [4.78, 5) is 0. The second-order valence-electron chi connectivity index (χ2n) is 4.26. The van der Waals surface area contributed by atoms with Crippen molar-refractivity contribution in [2.24, 2.45) is 13.0 Å². The largest absolute Gasteiger partial charge is 0.316 e. The predicted octanol–water partition coefficient (Wildman–Crippen LogP) is -0.485. The molecule has 0 aliphatic carbocycles. The highest BCUT2D eigenvalue weighted by Gasteiger charge is 2.21. The number of hydrogen-bond acceptors (Lipinski definition) is 5. The average Bonchev–Trinajstić information content (AvgIpc) is 2.75. The first kappa shape index (κ1) is 15.4. The van der Waals surface area contributed by atoms with Gasteiger partial charge in [0.2, 0.25) is 0 Å². The molecule has 2 heterocycles. The van der Waals surface area contributed by atoms with Crippen LogP contribution in [-0.4, -0.2) is 43.0 Å². The lowest BCUT2D eigenvalue weighted by atomic mass is 10.0. The lowest BCUT2D eigenvalue weighted by Gasteiger charge is -2.22. The lowest BCUT2D eigenvalue weighted by Crippen LogP contribution is -2.38. The van der Waals surface area contributed by atoms with Gasteiger partial charge in [-0.2, -0.15) is 0 Å². The Labute approximate surface area is 113 Å². The van der Waals surface area contributed by atoms with Gasteiger partial charge in [0.15, 0.2) is 5.03 Å². The number of aryl methyl sites for hydroxylation is 1. The van der Waals surface area contributed by atoms with Gasteiger partial charge in [0.1, 0.15) is 0 Å². The fraction of sp³-hybridized carbons (Fsp3) is 0.778. The molecule has 1 fully saturated rings. The van der Waals surface area contributed by atoms with E-state index in [4.69, 9.17) is 0 Å². The SMILES string of the molecule is Cl.Cn1nncc1S(=O)(=O)NCC1CCCNC1. The molecule has 1 atom stereocenters. The van der Waals surface area contributed by atoms with E-state index in [1.54, 1.807) is 7.05 Å². The van der Waals surface area contributed by atoms with Crippen LogP contribution in [0.5, 0.6) is 0 Å². The van der Waals surface area contributed by atoms with Crippen LogP contribution in [0.25, 0.3) is 0 Å². The standard InChI is InChI=1S/C9H17N5O2S.ClH/c1-14-9(7-11-13-14)17(15,16)12-6-8-3-2-4-10-5-8;/h7-8,10,12H,2-6H2,1H3;1H. The van der Waals surface area contributed by atoms with Crippen molar-refractivity contribution in [3.05, 3.63) is 6.20 Å². The molecule has 1 aliphatic rings. The number of halogens is 1. The van der Waals surface area contributed by atoms with Crippen molar-refractivity contribution in [2.45, 2.75) is 17.9 Å². The van der Waals surface area contributed by atoms with Gasteiger partial charge in [-0.25, -0.2) is 17.8 Å². The maximum Gasteiger partial charge on any atom is 0.259 e. The maximum absolute atomic E-state index is 11.9. The number of aromatic nitrogens is 3. The summed E-state index contributed by atoms with van der Waals surface area (Å²) >= 11 is 0. The molecule has 1 unspecified atom stereocenters. The fourth-order valence-corrected chi connectivity index (χ4v) is 3.10. The molecule has 1 saturated heterocycles. The Hall–Kier alpha value is -0.700. The fourth-order valence-electron chi connectivity index (χ4n) is 1.92. The van der Waals surface area contributed by atoms with Gasteiger partial charge in [0.25, 0.3) is 10.0 Å². The molecule has 1 aliphatic heterocycles. The van der Waals surface area contributed by atoms with Gasteiger partial charge >= 0.3 is 0 Å². The van der Waals surface area contributed by atoms with Crippen molar-refractivity contribution >= 4 is 22.4 Å². The van der Waals surface area contributed by atoms with Crippen LogP contribution in [0.2, 0.25) is 0 Å². The third-order valence-electron chi connectivity index (χ3n) is 2.91. The molecular formula is C9H18ClN5O2S. The Bertz CT molecular complexity index is 469. The molecule has 18 heavy (non-hydrogen) atoms. The molecule has 0 radical (unpaired) electrons. The third kappa shape index (κ3) is 3.64. The summed E-state index contributed by atoms with van der Waals surface area (Å²) in [6, 6.07) is 0. The Kier molecular flexibility index (Phi) is 5.51. The van der Waals surface area contributed by atoms with Crippen LogP contribution < -0.4 is 10.0 Å². The van der Waals surface area contributed by atoms with Crippen LogP contribution in [0.4, 0.5) is 0 Å². The zero-order chi connectivity index (χ0) is 12.3. The third-order valence-corrected chi connectivity index (χ3v) is 4.38. The zero-order valence-corrected chi connectivity index (χ0v) is 11.8. The van der Waals surface area contributed by atoms with Gasteiger partial charge in [-0.3, -0.25) is 0 Å². The van der Waals surface area contributed by atoms with E-state index in [2.05, 4.69) is 20.4 Å². The smallest absolute Gasteiger partial charge is 0.259 e. The van der Waals surface area contributed by atoms with Crippen molar-refractivity contribution in [1.82, 2.24) is 25.0 Å². The van der Waals surface area contributed by atoms with E-state index in [9.17, 15) is 8.42 Å². The monoisotopic (exact) mass is 295 g/mol. The van der Waals surface area contributed by atoms with Crippen LogP contribution >= 0.6 is 12.4 Å². The van der Waals surface area contributed by atoms with E-state index < -0.39 is 10.0 Å². The summed E-state index contributed by atoms with van der Waals surface area (Å²) in [6.45, 7) is 2.35. The van der Waals surface area contributed by atoms with E-state index in [1.165, 1.54) is 10.9 Å². The van der Waals surface area contributed by atoms with Crippen molar-refractivity contribution in [1.29, 1.82) is 0 Å². The number of nitrogens with one attached hydrogen (secondary N) is 2. The molecule has 0 aromatic carbocycles. The molecule has 1 aromatic heterocycles. The van der Waals surface area contributed by atoms with Crippen molar-refractivity contribution < 1.29 is 8.42 Å². The lowest BCUT2D eigenvalue weighted by molar-refractivity contribution is 0.375. The highest BCUT2D eigenvalue weighted by Crippen LogP contribution is 2.10. The Morgan fingerprint density at radius 1 is 1.61 bits per heavy atom. The van der Waals surface area contributed by atoms with Crippen molar-refractivity contribution in [3.8, 4) is 0 Å². The Balaban J connectivity index is 0.00000162. The minimum Gasteiger partial charge on any atom is -0.316 e. The quantitative estimate of drug-likeness (QED) is 0.783. The summed E-state index contributed by atoms with van der Waals surface area (Å²) < 4.78 is 27.7. The number of sulfonamides is 1. The topological polar surface area (TPSA) is 88.9 Å². The van der Waals surface area contributed by atoms with Gasteiger partial charge in [0.05, 0.1) is 6.20 Å². The van der Waals surface area contributed by atoms with Crippen molar-refractivity contribution in [2.75, 3.05) is 19.6 Å². The molecule has 7 nitrogen and oxygen atoms in total. The molecule has 104 valence electrons. The number of rotatable bonds is 4. The molecule has 0 spiro atoms. The molecule has 9 heteroatoms. The highest BCUT2D eigenvalue weighted by atomic mass is 35.5. The van der Waals surface area contributed by atoms with E-state index in [0.29, 0.717) is 12.5 Å². The minimum absolute atomic E-state index is 0. The normalized spacial score (nSPS) is 20.4. The Morgan fingerprint density at radius 3 is 2.94 bits per heavy atom. The summed E-state index contributed by atoms with van der Waals surface area (Å²) in [5.41, 5.74) is 0. The van der Waals surface area contributed by atoms with Crippen LogP contribution in [0, 0.1) is 5.92 Å². The summed E-state index contributed by atoms with van der Waals surface area (Å²) in [5.74, 6) is 0.361. The molecular weight excluding hydrogens is 278 g/mol. The van der Waals surface area contributed by atoms with Gasteiger partial charge in [-0.15, -0.1) is 17.5 Å². The van der Waals surface area contributed by atoms with Crippen LogP contribution in [0.3, 0.4) is 0 Å². The van der Waals surface area contributed by atoms with Gasteiger partial charge in [0, 0.05) is 13.6 Å². The maximum atomic E-state index is 11.9. The van der Waals surface area contributed by atoms with Gasteiger partial charge in [-0.1, -0.05) is 5.21 Å². The summed E-state index contributed by atoms with van der Waals surface area (Å²) in [6.07, 6.45) is 3.40. The summed E-state index contributed by atoms with van der Waals surface area (Å²) in [5, 5.41) is 10.5. The second kappa shape index (κ2) is 6.46. The van der Waals surface area contributed by atoms with Crippen molar-refractivity contribution in [3.63, 3.8) is 0 Å². The van der Waals surface area contributed by atoms with Crippen LogP contribution in [0.15, 0.2) is 11.2 Å². The molecule has 2 rings (SSSR count). The molecule has 0 amide bonds. The minimum atomic E-state index is -3.49. The first-order valence-corrected chi connectivity index (χ1v) is 7.13. The first-order chi connectivity index (χ1) is 8.09. The number of piperidine rings is 1. The van der Waals surface area contributed by atoms with E-state index >= 15 is 0 Å². The second-order valence-corrected chi connectivity index (χ2v) is 5.97. The van der Waals surface area contributed by atoms with Gasteiger partial charge < -0.3 is 5.32 Å². The zero-order valence-electron chi connectivity index (χ0n) is 10.2. The Morgan fingerprint density at radius 2 is 2.39 bits per heavy atom. The number of nitrogens with zero attached hydrogens (tertiary/aromatic N) is 3. The van der Waals surface area contributed by atoms with Gasteiger partial charge in [-0.05, 0) is 31.8 Å². The predicted molar refractivity (Wildman–Crippen MR) is 69.0 cm³/mol. The average molecular weight is 296 g/mol. The van der Waals surface area contributed by atoms with E-state index in [0.717, 1.165) is 25.9 Å². The first-order valence-electron chi connectivity index (χ1n) is 5.64. The molecule has 2 N–H and O–H groups in total. The highest BCUT2D eigenvalue weighted by molar-refractivity contribution is 7.89. The molecule has 0 bridgehead atoms. The molecule has 1 aromatic rings. The summed E-state index contributed by atoms with van der Waals surface area (Å²) in [7, 11) is -1.93.